The largest absolute Gasteiger partial charge is 0.504 e. The van der Waals surface area contributed by atoms with Gasteiger partial charge in [-0.25, -0.2) is 0 Å². The summed E-state index contributed by atoms with van der Waals surface area (Å²) in [5, 5.41) is 16.8. The van der Waals surface area contributed by atoms with E-state index < -0.39 is 6.17 Å². The summed E-state index contributed by atoms with van der Waals surface area (Å²) >= 11 is 5.97. The lowest BCUT2D eigenvalue weighted by Crippen LogP contribution is -2.38. The number of para-hydroxylation sites is 1. The number of halogens is 1. The van der Waals surface area contributed by atoms with Crippen LogP contribution in [0.3, 0.4) is 0 Å². The van der Waals surface area contributed by atoms with Crippen LogP contribution in [-0.2, 0) is 0 Å². The standard InChI is InChI=1S/C16H15ClN2O3/c1-2-22-13-5-3-4-11(14(13)20)15-18-12-8-9(17)6-7-10(12)16(21)19-15/h3-8,15,18,20H,2H2,1H3,(H,19,21)/t15-/m1/s1. The van der Waals surface area contributed by atoms with Crippen LogP contribution in [0.25, 0.3) is 0 Å². The van der Waals surface area contributed by atoms with E-state index in [9.17, 15) is 9.90 Å². The Labute approximate surface area is 132 Å². The SMILES string of the molecule is CCOc1cccc([C@H]2NC(=O)c3ccc(Cl)cc3N2)c1O. The summed E-state index contributed by atoms with van der Waals surface area (Å²) in [5.41, 5.74) is 1.67. The number of hydrogen-bond acceptors (Lipinski definition) is 4. The van der Waals surface area contributed by atoms with E-state index in [2.05, 4.69) is 10.6 Å². The second-order valence-corrected chi connectivity index (χ2v) is 5.30. The topological polar surface area (TPSA) is 70.6 Å². The number of hydrogen-bond donors (Lipinski definition) is 3. The zero-order chi connectivity index (χ0) is 15.7. The number of amides is 1. The fourth-order valence-electron chi connectivity index (χ4n) is 2.43. The number of phenols is 1. The molecule has 0 saturated carbocycles. The Morgan fingerprint density at radius 2 is 2.09 bits per heavy atom. The predicted octanol–water partition coefficient (Wildman–Crippen LogP) is 3.30. The molecule has 5 nitrogen and oxygen atoms in total. The number of ether oxygens (including phenoxy) is 1. The molecule has 1 heterocycles. The van der Waals surface area contributed by atoms with Gasteiger partial charge >= 0.3 is 0 Å². The van der Waals surface area contributed by atoms with Crippen LogP contribution in [-0.4, -0.2) is 17.6 Å². The molecule has 114 valence electrons. The lowest BCUT2D eigenvalue weighted by molar-refractivity contribution is 0.0935. The Kier molecular flexibility index (Phi) is 3.81. The summed E-state index contributed by atoms with van der Waals surface area (Å²) in [7, 11) is 0. The van der Waals surface area contributed by atoms with Gasteiger partial charge in [-0.1, -0.05) is 23.7 Å². The third-order valence-electron chi connectivity index (χ3n) is 3.44. The zero-order valence-corrected chi connectivity index (χ0v) is 12.6. The minimum atomic E-state index is -0.557. The van der Waals surface area contributed by atoms with E-state index in [4.69, 9.17) is 16.3 Å². The Morgan fingerprint density at radius 1 is 1.27 bits per heavy atom. The zero-order valence-electron chi connectivity index (χ0n) is 11.9. The van der Waals surface area contributed by atoms with Crippen molar-refractivity contribution in [1.82, 2.24) is 5.32 Å². The van der Waals surface area contributed by atoms with Gasteiger partial charge in [0, 0.05) is 10.6 Å². The molecule has 2 aromatic carbocycles. The van der Waals surface area contributed by atoms with E-state index in [1.54, 1.807) is 36.4 Å². The van der Waals surface area contributed by atoms with Gasteiger partial charge in [-0.15, -0.1) is 0 Å². The summed E-state index contributed by atoms with van der Waals surface area (Å²) in [6.07, 6.45) is -0.557. The van der Waals surface area contributed by atoms with Crippen LogP contribution in [0, 0.1) is 0 Å². The fourth-order valence-corrected chi connectivity index (χ4v) is 2.61. The number of aromatic hydroxyl groups is 1. The minimum absolute atomic E-state index is 0.00706. The molecular weight excluding hydrogens is 304 g/mol. The Morgan fingerprint density at radius 3 is 2.86 bits per heavy atom. The first-order valence-electron chi connectivity index (χ1n) is 6.91. The quantitative estimate of drug-likeness (QED) is 0.812. The minimum Gasteiger partial charge on any atom is -0.504 e. The van der Waals surface area contributed by atoms with Gasteiger partial charge in [-0.2, -0.15) is 0 Å². The number of fused-ring (bicyclic) bond motifs is 1. The average Bonchev–Trinajstić information content (AvgIpc) is 2.49. The molecule has 3 rings (SSSR count). The third kappa shape index (κ3) is 2.55. The molecule has 0 saturated heterocycles. The van der Waals surface area contributed by atoms with Crippen LogP contribution >= 0.6 is 11.6 Å². The molecule has 2 aromatic rings. The lowest BCUT2D eigenvalue weighted by Gasteiger charge is -2.29. The highest BCUT2D eigenvalue weighted by atomic mass is 35.5. The van der Waals surface area contributed by atoms with Crippen molar-refractivity contribution < 1.29 is 14.6 Å². The number of carbonyl (C=O) groups is 1. The van der Waals surface area contributed by atoms with Crippen molar-refractivity contribution in [2.24, 2.45) is 0 Å². The molecule has 3 N–H and O–H groups in total. The Hall–Kier alpha value is -2.40. The van der Waals surface area contributed by atoms with Crippen molar-refractivity contribution in [3.63, 3.8) is 0 Å². The van der Waals surface area contributed by atoms with Crippen LogP contribution in [0.5, 0.6) is 11.5 Å². The normalized spacial score (nSPS) is 16.5. The number of benzene rings is 2. The predicted molar refractivity (Wildman–Crippen MR) is 84.6 cm³/mol. The van der Waals surface area contributed by atoms with Gasteiger partial charge in [0.2, 0.25) is 0 Å². The first-order chi connectivity index (χ1) is 10.6. The maximum Gasteiger partial charge on any atom is 0.255 e. The van der Waals surface area contributed by atoms with Crippen LogP contribution < -0.4 is 15.4 Å². The lowest BCUT2D eigenvalue weighted by atomic mass is 10.0. The van der Waals surface area contributed by atoms with Crippen molar-refractivity contribution >= 4 is 23.2 Å². The van der Waals surface area contributed by atoms with E-state index in [0.717, 1.165) is 0 Å². The monoisotopic (exact) mass is 318 g/mol. The van der Waals surface area contributed by atoms with E-state index in [0.29, 0.717) is 34.2 Å². The van der Waals surface area contributed by atoms with Gasteiger partial charge in [-0.05, 0) is 31.2 Å². The fraction of sp³-hybridized carbons (Fsp3) is 0.188. The van der Waals surface area contributed by atoms with Crippen molar-refractivity contribution in [3.8, 4) is 11.5 Å². The molecule has 1 atom stereocenters. The molecular formula is C16H15ClN2O3. The average molecular weight is 319 g/mol. The first kappa shape index (κ1) is 14.5. The summed E-state index contributed by atoms with van der Waals surface area (Å²) in [6.45, 7) is 2.28. The van der Waals surface area contributed by atoms with Crippen LogP contribution in [0.4, 0.5) is 5.69 Å². The highest BCUT2D eigenvalue weighted by Gasteiger charge is 2.27. The third-order valence-corrected chi connectivity index (χ3v) is 3.68. The first-order valence-corrected chi connectivity index (χ1v) is 7.29. The van der Waals surface area contributed by atoms with E-state index >= 15 is 0 Å². The number of anilines is 1. The second-order valence-electron chi connectivity index (χ2n) is 4.87. The second kappa shape index (κ2) is 5.77. The maximum absolute atomic E-state index is 12.2. The smallest absolute Gasteiger partial charge is 0.255 e. The molecule has 0 fully saturated rings. The molecule has 1 aliphatic rings. The summed E-state index contributed by atoms with van der Waals surface area (Å²) in [5.74, 6) is 0.164. The van der Waals surface area contributed by atoms with Crippen LogP contribution in [0.2, 0.25) is 5.02 Å². The molecule has 0 bridgehead atoms. The molecule has 0 spiro atoms. The van der Waals surface area contributed by atoms with Crippen LogP contribution in [0.15, 0.2) is 36.4 Å². The van der Waals surface area contributed by atoms with E-state index in [-0.39, 0.29) is 11.7 Å². The van der Waals surface area contributed by atoms with E-state index in [1.165, 1.54) is 0 Å². The van der Waals surface area contributed by atoms with Crippen LogP contribution in [0.1, 0.15) is 29.0 Å². The molecule has 22 heavy (non-hydrogen) atoms. The summed E-state index contributed by atoms with van der Waals surface area (Å²) in [4.78, 5) is 12.2. The van der Waals surface area contributed by atoms with Gasteiger partial charge in [0.1, 0.15) is 6.17 Å². The Balaban J connectivity index is 1.98. The van der Waals surface area contributed by atoms with Crippen molar-refractivity contribution in [2.75, 3.05) is 11.9 Å². The molecule has 1 amide bonds. The van der Waals surface area contributed by atoms with Gasteiger partial charge in [-0.3, -0.25) is 4.79 Å². The number of rotatable bonds is 3. The van der Waals surface area contributed by atoms with Gasteiger partial charge < -0.3 is 20.5 Å². The number of nitrogens with one attached hydrogen (secondary N) is 2. The molecule has 0 unspecified atom stereocenters. The van der Waals surface area contributed by atoms with Crippen molar-refractivity contribution in [3.05, 3.63) is 52.5 Å². The summed E-state index contributed by atoms with van der Waals surface area (Å²) < 4.78 is 5.37. The highest BCUT2D eigenvalue weighted by molar-refractivity contribution is 6.31. The van der Waals surface area contributed by atoms with Crippen molar-refractivity contribution in [2.45, 2.75) is 13.1 Å². The van der Waals surface area contributed by atoms with Crippen molar-refractivity contribution in [1.29, 1.82) is 0 Å². The van der Waals surface area contributed by atoms with Gasteiger partial charge in [0.25, 0.3) is 5.91 Å². The molecule has 0 aromatic heterocycles. The molecule has 0 radical (unpaired) electrons. The maximum atomic E-state index is 12.2. The number of phenolic OH excluding ortho intramolecular Hbond substituents is 1. The highest BCUT2D eigenvalue weighted by Crippen LogP contribution is 2.36. The molecule has 0 aliphatic carbocycles. The Bertz CT molecular complexity index is 733. The molecule has 1 aliphatic heterocycles. The van der Waals surface area contributed by atoms with E-state index in [1.807, 2.05) is 6.92 Å². The van der Waals surface area contributed by atoms with Gasteiger partial charge in [0.15, 0.2) is 11.5 Å². The number of carbonyl (C=O) groups excluding carboxylic acids is 1. The summed E-state index contributed by atoms with van der Waals surface area (Å²) in [6, 6.07) is 10.2. The molecule has 6 heteroatoms. The van der Waals surface area contributed by atoms with Gasteiger partial charge in [0.05, 0.1) is 17.9 Å².